The first-order valence-corrected chi connectivity index (χ1v) is 5.76. The second-order valence-corrected chi connectivity index (χ2v) is 4.52. The summed E-state index contributed by atoms with van der Waals surface area (Å²) >= 11 is 0. The van der Waals surface area contributed by atoms with Gasteiger partial charge in [-0.1, -0.05) is 29.8 Å². The Hall–Kier alpha value is -1.35. The van der Waals surface area contributed by atoms with Gasteiger partial charge >= 0.3 is 0 Å². The fraction of sp³-hybridized carbons (Fsp3) is 0.462. The predicted octanol–water partition coefficient (Wildman–Crippen LogP) is 1.44. The lowest BCUT2D eigenvalue weighted by atomic mass is 10.1. The Balaban J connectivity index is 2.06. The summed E-state index contributed by atoms with van der Waals surface area (Å²) in [5, 5.41) is 0. The first-order chi connectivity index (χ1) is 7.66. The van der Waals surface area contributed by atoms with Crippen LogP contribution in [-0.4, -0.2) is 23.4 Å². The number of hydrogen-bond donors (Lipinski definition) is 1. The van der Waals surface area contributed by atoms with Gasteiger partial charge in [-0.25, -0.2) is 0 Å². The molecular weight excluding hydrogens is 200 g/mol. The van der Waals surface area contributed by atoms with Crippen LogP contribution in [0, 0.1) is 6.92 Å². The average molecular weight is 218 g/mol. The monoisotopic (exact) mass is 218 g/mol. The summed E-state index contributed by atoms with van der Waals surface area (Å²) in [5.41, 5.74) is 7.91. The Morgan fingerprint density at radius 1 is 1.56 bits per heavy atom. The molecule has 2 N–H and O–H groups in total. The quantitative estimate of drug-likeness (QED) is 0.834. The van der Waals surface area contributed by atoms with Crippen molar-refractivity contribution < 1.29 is 4.79 Å². The van der Waals surface area contributed by atoms with Gasteiger partial charge in [-0.2, -0.15) is 0 Å². The minimum absolute atomic E-state index is 0.0690. The summed E-state index contributed by atoms with van der Waals surface area (Å²) in [6, 6.07) is 8.33. The normalized spacial score (nSPS) is 21.2. The average Bonchev–Trinajstić information content (AvgIpc) is 2.66. The van der Waals surface area contributed by atoms with E-state index in [1.807, 2.05) is 0 Å². The van der Waals surface area contributed by atoms with Crippen molar-refractivity contribution in [1.29, 1.82) is 0 Å². The molecule has 0 saturated carbocycles. The molecule has 0 aromatic heterocycles. The van der Waals surface area contributed by atoms with Gasteiger partial charge in [0.15, 0.2) is 0 Å². The lowest BCUT2D eigenvalue weighted by Gasteiger charge is -2.21. The molecule has 0 radical (unpaired) electrons. The predicted molar refractivity (Wildman–Crippen MR) is 63.8 cm³/mol. The van der Waals surface area contributed by atoms with Gasteiger partial charge in [0.25, 0.3) is 0 Å². The highest BCUT2D eigenvalue weighted by molar-refractivity contribution is 5.80. The Bertz CT molecular complexity index is 389. The second-order valence-electron chi connectivity index (χ2n) is 4.52. The van der Waals surface area contributed by atoms with Gasteiger partial charge in [0.1, 0.15) is 0 Å². The Kier molecular flexibility index (Phi) is 3.25. The van der Waals surface area contributed by atoms with Gasteiger partial charge in [0.2, 0.25) is 5.91 Å². The molecule has 0 spiro atoms. The molecule has 1 heterocycles. The first-order valence-electron chi connectivity index (χ1n) is 5.76. The van der Waals surface area contributed by atoms with Crippen molar-refractivity contribution in [3.8, 4) is 0 Å². The van der Waals surface area contributed by atoms with Crippen LogP contribution >= 0.6 is 0 Å². The molecule has 16 heavy (non-hydrogen) atoms. The van der Waals surface area contributed by atoms with Crippen LogP contribution in [-0.2, 0) is 11.3 Å². The van der Waals surface area contributed by atoms with E-state index < -0.39 is 0 Å². The number of nitrogens with two attached hydrogens (primary N) is 1. The lowest BCUT2D eigenvalue weighted by Crippen LogP contribution is -2.39. The van der Waals surface area contributed by atoms with Crippen molar-refractivity contribution in [1.82, 2.24) is 4.90 Å². The maximum absolute atomic E-state index is 11.2. The van der Waals surface area contributed by atoms with E-state index >= 15 is 0 Å². The van der Waals surface area contributed by atoms with Crippen LogP contribution < -0.4 is 5.73 Å². The molecule has 3 nitrogen and oxygen atoms in total. The lowest BCUT2D eigenvalue weighted by molar-refractivity contribution is -0.122. The van der Waals surface area contributed by atoms with Crippen molar-refractivity contribution in [3.63, 3.8) is 0 Å². The molecule has 3 heteroatoms. The van der Waals surface area contributed by atoms with Crippen LogP contribution in [0.15, 0.2) is 24.3 Å². The summed E-state index contributed by atoms with van der Waals surface area (Å²) in [6.45, 7) is 3.88. The Morgan fingerprint density at radius 3 is 3.06 bits per heavy atom. The van der Waals surface area contributed by atoms with Crippen molar-refractivity contribution in [3.05, 3.63) is 35.4 Å². The van der Waals surface area contributed by atoms with Crippen LogP contribution in [0.3, 0.4) is 0 Å². The highest BCUT2D eigenvalue weighted by atomic mass is 16.1. The first kappa shape index (κ1) is 11.1. The summed E-state index contributed by atoms with van der Waals surface area (Å²) in [4.78, 5) is 13.4. The largest absolute Gasteiger partial charge is 0.368 e. The maximum atomic E-state index is 11.2. The van der Waals surface area contributed by atoms with Crippen molar-refractivity contribution in [2.75, 3.05) is 6.54 Å². The van der Waals surface area contributed by atoms with E-state index in [4.69, 9.17) is 5.73 Å². The van der Waals surface area contributed by atoms with Gasteiger partial charge in [-0.3, -0.25) is 9.69 Å². The van der Waals surface area contributed by atoms with Crippen LogP contribution in [0.2, 0.25) is 0 Å². The number of primary amides is 1. The molecule has 1 aromatic carbocycles. The van der Waals surface area contributed by atoms with E-state index in [1.54, 1.807) is 0 Å². The number of carbonyl (C=O) groups excluding carboxylic acids is 1. The van der Waals surface area contributed by atoms with Crippen LogP contribution in [0.1, 0.15) is 24.0 Å². The number of nitrogens with zero attached hydrogens (tertiary/aromatic N) is 1. The number of hydrogen-bond acceptors (Lipinski definition) is 2. The third-order valence-electron chi connectivity index (χ3n) is 3.16. The third kappa shape index (κ3) is 2.42. The topological polar surface area (TPSA) is 46.3 Å². The number of carbonyl (C=O) groups is 1. The van der Waals surface area contributed by atoms with E-state index in [0.29, 0.717) is 0 Å². The van der Waals surface area contributed by atoms with Gasteiger partial charge < -0.3 is 5.73 Å². The van der Waals surface area contributed by atoms with Crippen LogP contribution in [0.5, 0.6) is 0 Å². The zero-order chi connectivity index (χ0) is 11.5. The summed E-state index contributed by atoms with van der Waals surface area (Å²) in [7, 11) is 0. The highest BCUT2D eigenvalue weighted by Gasteiger charge is 2.28. The fourth-order valence-electron chi connectivity index (χ4n) is 2.38. The van der Waals surface area contributed by atoms with Crippen LogP contribution in [0.25, 0.3) is 0 Å². The summed E-state index contributed by atoms with van der Waals surface area (Å²) in [5.74, 6) is -0.190. The zero-order valence-corrected chi connectivity index (χ0v) is 9.65. The van der Waals surface area contributed by atoms with Gasteiger partial charge in [0.05, 0.1) is 6.04 Å². The zero-order valence-electron chi connectivity index (χ0n) is 9.65. The van der Waals surface area contributed by atoms with E-state index in [9.17, 15) is 4.79 Å². The number of aryl methyl sites for hydroxylation is 1. The SMILES string of the molecule is Cc1cccc(CN2CCCC2C(N)=O)c1. The fourth-order valence-corrected chi connectivity index (χ4v) is 2.38. The third-order valence-corrected chi connectivity index (χ3v) is 3.16. The molecule has 1 amide bonds. The van der Waals surface area contributed by atoms with E-state index in [2.05, 4.69) is 36.1 Å². The number of benzene rings is 1. The number of amides is 1. The molecule has 1 atom stereocenters. The molecule has 0 aliphatic carbocycles. The highest BCUT2D eigenvalue weighted by Crippen LogP contribution is 2.20. The number of likely N-dealkylation sites (tertiary alicyclic amines) is 1. The molecular formula is C13H18N2O. The van der Waals surface area contributed by atoms with Gasteiger partial charge in [0, 0.05) is 6.54 Å². The van der Waals surface area contributed by atoms with Gasteiger partial charge in [-0.05, 0) is 31.9 Å². The Labute approximate surface area is 96.2 Å². The molecule has 1 aliphatic rings. The summed E-state index contributed by atoms with van der Waals surface area (Å²) in [6.07, 6.45) is 1.97. The summed E-state index contributed by atoms with van der Waals surface area (Å²) < 4.78 is 0. The molecule has 86 valence electrons. The maximum Gasteiger partial charge on any atom is 0.234 e. The standard InChI is InChI=1S/C13H18N2O/c1-10-4-2-5-11(8-10)9-15-7-3-6-12(15)13(14)16/h2,4-5,8,12H,3,6-7,9H2,1H3,(H2,14,16). The minimum atomic E-state index is -0.190. The number of rotatable bonds is 3. The molecule has 1 unspecified atom stereocenters. The van der Waals surface area contributed by atoms with Crippen molar-refractivity contribution in [2.24, 2.45) is 5.73 Å². The van der Waals surface area contributed by atoms with Crippen molar-refractivity contribution in [2.45, 2.75) is 32.4 Å². The smallest absolute Gasteiger partial charge is 0.234 e. The van der Waals surface area contributed by atoms with E-state index in [0.717, 1.165) is 25.9 Å². The van der Waals surface area contributed by atoms with Crippen molar-refractivity contribution >= 4 is 5.91 Å². The molecule has 1 saturated heterocycles. The van der Waals surface area contributed by atoms with Gasteiger partial charge in [-0.15, -0.1) is 0 Å². The molecule has 2 rings (SSSR count). The molecule has 0 bridgehead atoms. The van der Waals surface area contributed by atoms with E-state index in [1.165, 1.54) is 11.1 Å². The van der Waals surface area contributed by atoms with E-state index in [-0.39, 0.29) is 11.9 Å². The van der Waals surface area contributed by atoms with Crippen LogP contribution in [0.4, 0.5) is 0 Å². The minimum Gasteiger partial charge on any atom is -0.368 e. The molecule has 1 aromatic rings. The molecule has 1 aliphatic heterocycles. The Morgan fingerprint density at radius 2 is 2.38 bits per heavy atom. The second kappa shape index (κ2) is 4.66. The molecule has 1 fully saturated rings.